The zero-order valence-corrected chi connectivity index (χ0v) is 11.5. The largest absolute Gasteiger partial charge is 0.493 e. The summed E-state index contributed by atoms with van der Waals surface area (Å²) in [5, 5.41) is 12.3. The monoisotopic (exact) mass is 289 g/mol. The van der Waals surface area contributed by atoms with Crippen molar-refractivity contribution in [3.05, 3.63) is 59.9 Å². The van der Waals surface area contributed by atoms with Gasteiger partial charge < -0.3 is 15.2 Å². The number of para-hydroxylation sites is 1. The van der Waals surface area contributed by atoms with Gasteiger partial charge in [0.15, 0.2) is 6.04 Å². The molecule has 0 heterocycles. The summed E-state index contributed by atoms with van der Waals surface area (Å²) in [5.74, 6) is -0.893. The van der Waals surface area contributed by atoms with Crippen LogP contribution >= 0.6 is 0 Å². The molecule has 0 aliphatic heterocycles. The van der Waals surface area contributed by atoms with E-state index in [1.165, 1.54) is 24.3 Å². The summed E-state index contributed by atoms with van der Waals surface area (Å²) in [6.45, 7) is 2.28. The zero-order chi connectivity index (χ0) is 15.2. The number of carboxylic acids is 1. The quantitative estimate of drug-likeness (QED) is 0.855. The second kappa shape index (κ2) is 6.74. The van der Waals surface area contributed by atoms with Gasteiger partial charge in [0.25, 0.3) is 0 Å². The first-order valence-electron chi connectivity index (χ1n) is 6.58. The minimum absolute atomic E-state index is 0.373. The molecule has 1 atom stereocenters. The minimum atomic E-state index is -1.04. The van der Waals surface area contributed by atoms with Gasteiger partial charge >= 0.3 is 5.97 Å². The van der Waals surface area contributed by atoms with Crippen molar-refractivity contribution in [3.63, 3.8) is 0 Å². The number of halogens is 1. The third-order valence-corrected chi connectivity index (χ3v) is 2.93. The van der Waals surface area contributed by atoms with Crippen molar-refractivity contribution in [3.8, 4) is 5.75 Å². The average molecular weight is 289 g/mol. The molecular formula is C16H16FNO3. The van der Waals surface area contributed by atoms with E-state index in [0.29, 0.717) is 23.6 Å². The highest BCUT2D eigenvalue weighted by Gasteiger charge is 2.23. The Bertz CT molecular complexity index is 613. The second-order valence-corrected chi connectivity index (χ2v) is 4.39. The van der Waals surface area contributed by atoms with E-state index in [1.54, 1.807) is 24.3 Å². The number of anilines is 1. The number of nitrogens with one attached hydrogen (secondary N) is 1. The van der Waals surface area contributed by atoms with E-state index in [0.717, 1.165) is 0 Å². The van der Waals surface area contributed by atoms with Crippen LogP contribution in [0.4, 0.5) is 10.1 Å². The number of hydrogen-bond acceptors (Lipinski definition) is 3. The molecule has 1 unspecified atom stereocenters. The van der Waals surface area contributed by atoms with Gasteiger partial charge in [0.2, 0.25) is 0 Å². The lowest BCUT2D eigenvalue weighted by atomic mass is 10.1. The summed E-state index contributed by atoms with van der Waals surface area (Å²) in [5.41, 5.74) is 1.05. The highest BCUT2D eigenvalue weighted by molar-refractivity contribution is 5.80. The van der Waals surface area contributed by atoms with Crippen LogP contribution in [0.25, 0.3) is 0 Å². The fraction of sp³-hybridized carbons (Fsp3) is 0.188. The van der Waals surface area contributed by atoms with Gasteiger partial charge in [0.05, 0.1) is 6.61 Å². The Labute approximate surface area is 122 Å². The SMILES string of the molecule is CCOc1ccccc1C(Nc1ccc(F)cc1)C(=O)O. The van der Waals surface area contributed by atoms with Crippen LogP contribution in [0.2, 0.25) is 0 Å². The maximum Gasteiger partial charge on any atom is 0.330 e. The van der Waals surface area contributed by atoms with Crippen molar-refractivity contribution in [2.45, 2.75) is 13.0 Å². The molecule has 0 amide bonds. The first kappa shape index (κ1) is 14.8. The van der Waals surface area contributed by atoms with E-state index in [1.807, 2.05) is 6.92 Å². The molecule has 2 N–H and O–H groups in total. The summed E-state index contributed by atoms with van der Waals surface area (Å²) in [6, 6.07) is 11.5. The lowest BCUT2D eigenvalue weighted by Gasteiger charge is -2.19. The summed E-state index contributed by atoms with van der Waals surface area (Å²) in [6.07, 6.45) is 0. The minimum Gasteiger partial charge on any atom is -0.493 e. The van der Waals surface area contributed by atoms with Crippen LogP contribution in [-0.4, -0.2) is 17.7 Å². The number of ether oxygens (including phenoxy) is 1. The molecular weight excluding hydrogens is 273 g/mol. The van der Waals surface area contributed by atoms with Crippen molar-refractivity contribution < 1.29 is 19.0 Å². The molecule has 0 saturated heterocycles. The fourth-order valence-corrected chi connectivity index (χ4v) is 1.99. The number of carbonyl (C=O) groups is 1. The van der Waals surface area contributed by atoms with Crippen molar-refractivity contribution in [1.29, 1.82) is 0 Å². The molecule has 0 radical (unpaired) electrons. The van der Waals surface area contributed by atoms with E-state index in [9.17, 15) is 14.3 Å². The molecule has 110 valence electrons. The predicted molar refractivity (Wildman–Crippen MR) is 78.0 cm³/mol. The van der Waals surface area contributed by atoms with Crippen LogP contribution < -0.4 is 10.1 Å². The maximum absolute atomic E-state index is 12.9. The number of rotatable bonds is 6. The van der Waals surface area contributed by atoms with Crippen molar-refractivity contribution in [2.75, 3.05) is 11.9 Å². The van der Waals surface area contributed by atoms with Crippen LogP contribution in [0.1, 0.15) is 18.5 Å². The lowest BCUT2D eigenvalue weighted by molar-refractivity contribution is -0.138. The number of carboxylic acid groups (broad SMARTS) is 1. The Hall–Kier alpha value is -2.56. The van der Waals surface area contributed by atoms with E-state index in [-0.39, 0.29) is 5.82 Å². The molecule has 2 rings (SSSR count). The second-order valence-electron chi connectivity index (χ2n) is 4.39. The molecule has 2 aromatic carbocycles. The highest BCUT2D eigenvalue weighted by Crippen LogP contribution is 2.28. The van der Waals surface area contributed by atoms with Gasteiger partial charge in [0, 0.05) is 11.3 Å². The van der Waals surface area contributed by atoms with Gasteiger partial charge in [-0.2, -0.15) is 0 Å². The molecule has 0 aliphatic carbocycles. The van der Waals surface area contributed by atoms with Crippen LogP contribution in [-0.2, 0) is 4.79 Å². The standard InChI is InChI=1S/C16H16FNO3/c1-2-21-14-6-4-3-5-13(14)15(16(19)20)18-12-9-7-11(17)8-10-12/h3-10,15,18H,2H2,1H3,(H,19,20). The Balaban J connectivity index is 2.31. The van der Waals surface area contributed by atoms with Crippen molar-refractivity contribution in [1.82, 2.24) is 0 Å². The predicted octanol–water partition coefficient (Wildman–Crippen LogP) is 3.46. The molecule has 0 fully saturated rings. The number of hydrogen-bond donors (Lipinski definition) is 2. The summed E-state index contributed by atoms with van der Waals surface area (Å²) in [4.78, 5) is 11.5. The first-order chi connectivity index (χ1) is 10.1. The van der Waals surface area contributed by atoms with E-state index in [4.69, 9.17) is 4.74 Å². The summed E-state index contributed by atoms with van der Waals surface area (Å²) in [7, 11) is 0. The maximum atomic E-state index is 12.9. The van der Waals surface area contributed by atoms with Gasteiger partial charge in [-0.1, -0.05) is 18.2 Å². The number of benzene rings is 2. The third kappa shape index (κ3) is 3.72. The molecule has 0 spiro atoms. The van der Waals surface area contributed by atoms with Gasteiger partial charge in [-0.15, -0.1) is 0 Å². The molecule has 5 heteroatoms. The van der Waals surface area contributed by atoms with Gasteiger partial charge in [0.1, 0.15) is 11.6 Å². The smallest absolute Gasteiger partial charge is 0.330 e. The van der Waals surface area contributed by atoms with Crippen LogP contribution in [0.5, 0.6) is 5.75 Å². The molecule has 21 heavy (non-hydrogen) atoms. The fourth-order valence-electron chi connectivity index (χ4n) is 1.99. The van der Waals surface area contributed by atoms with Gasteiger partial charge in [-0.05, 0) is 37.3 Å². The van der Waals surface area contributed by atoms with Gasteiger partial charge in [-0.25, -0.2) is 9.18 Å². The van der Waals surface area contributed by atoms with Crippen LogP contribution in [0.3, 0.4) is 0 Å². The first-order valence-corrected chi connectivity index (χ1v) is 6.58. The molecule has 0 saturated carbocycles. The average Bonchev–Trinajstić information content (AvgIpc) is 2.47. The summed E-state index contributed by atoms with van der Waals surface area (Å²) < 4.78 is 18.4. The van der Waals surface area contributed by atoms with E-state index < -0.39 is 12.0 Å². The molecule has 2 aromatic rings. The molecule has 0 aliphatic rings. The Kier molecular flexibility index (Phi) is 4.77. The topological polar surface area (TPSA) is 58.6 Å². The molecule has 0 bridgehead atoms. The van der Waals surface area contributed by atoms with Crippen molar-refractivity contribution >= 4 is 11.7 Å². The lowest BCUT2D eigenvalue weighted by Crippen LogP contribution is -2.21. The van der Waals surface area contributed by atoms with E-state index >= 15 is 0 Å². The molecule has 0 aromatic heterocycles. The normalized spacial score (nSPS) is 11.7. The Morgan fingerprint density at radius 1 is 1.24 bits per heavy atom. The van der Waals surface area contributed by atoms with Crippen molar-refractivity contribution in [2.24, 2.45) is 0 Å². The highest BCUT2D eigenvalue weighted by atomic mass is 19.1. The Morgan fingerprint density at radius 3 is 2.52 bits per heavy atom. The zero-order valence-electron chi connectivity index (χ0n) is 11.5. The van der Waals surface area contributed by atoms with Gasteiger partial charge in [-0.3, -0.25) is 0 Å². The molecule has 4 nitrogen and oxygen atoms in total. The number of aliphatic carboxylic acids is 1. The third-order valence-electron chi connectivity index (χ3n) is 2.93. The summed E-state index contributed by atoms with van der Waals surface area (Å²) >= 11 is 0. The van der Waals surface area contributed by atoms with Crippen LogP contribution in [0.15, 0.2) is 48.5 Å². The van der Waals surface area contributed by atoms with Crippen LogP contribution in [0, 0.1) is 5.82 Å². The Morgan fingerprint density at radius 2 is 1.90 bits per heavy atom. The van der Waals surface area contributed by atoms with E-state index in [2.05, 4.69) is 5.32 Å².